The fraction of sp³-hybridized carbons (Fsp3) is 0.308. The first-order valence-corrected chi connectivity index (χ1v) is 5.59. The molecule has 0 aliphatic carbocycles. The lowest BCUT2D eigenvalue weighted by molar-refractivity contribution is 0.0601. The first-order valence-electron chi connectivity index (χ1n) is 5.59. The van der Waals surface area contributed by atoms with Crippen LogP contribution in [-0.4, -0.2) is 27.8 Å². The quantitative estimate of drug-likeness (QED) is 0.758. The van der Waals surface area contributed by atoms with Crippen molar-refractivity contribution in [3.05, 3.63) is 35.4 Å². The molecule has 2 aromatic rings. The summed E-state index contributed by atoms with van der Waals surface area (Å²) < 4.78 is 6.58. The second-order valence-electron chi connectivity index (χ2n) is 4.08. The number of esters is 1. The lowest BCUT2D eigenvalue weighted by Gasteiger charge is -2.07. The molecule has 2 heterocycles. The first kappa shape index (κ1) is 12.3. The SMILES string of the molecule is COC(=O)c1ccncc1-c1c(C)nn(C)c1C. The predicted molar refractivity (Wildman–Crippen MR) is 67.3 cm³/mol. The molecule has 0 fully saturated rings. The second-order valence-corrected chi connectivity index (χ2v) is 4.08. The van der Waals surface area contributed by atoms with E-state index in [-0.39, 0.29) is 5.97 Å². The van der Waals surface area contributed by atoms with Crippen LogP contribution in [0.2, 0.25) is 0 Å². The van der Waals surface area contributed by atoms with Gasteiger partial charge in [0.25, 0.3) is 0 Å². The third kappa shape index (κ3) is 1.88. The van der Waals surface area contributed by atoms with Crippen molar-refractivity contribution in [3.63, 3.8) is 0 Å². The number of hydrogen-bond acceptors (Lipinski definition) is 4. The van der Waals surface area contributed by atoms with Gasteiger partial charge in [-0.2, -0.15) is 5.10 Å². The van der Waals surface area contributed by atoms with Crippen LogP contribution in [-0.2, 0) is 11.8 Å². The number of pyridine rings is 1. The Morgan fingerprint density at radius 1 is 1.39 bits per heavy atom. The van der Waals surface area contributed by atoms with Gasteiger partial charge in [-0.25, -0.2) is 4.79 Å². The number of ether oxygens (including phenoxy) is 1. The second kappa shape index (κ2) is 4.60. The number of methoxy groups -OCH3 is 1. The van der Waals surface area contributed by atoms with Crippen molar-refractivity contribution >= 4 is 5.97 Å². The summed E-state index contributed by atoms with van der Waals surface area (Å²) >= 11 is 0. The van der Waals surface area contributed by atoms with Crippen molar-refractivity contribution < 1.29 is 9.53 Å². The Hall–Kier alpha value is -2.17. The van der Waals surface area contributed by atoms with Crippen molar-refractivity contribution in [1.82, 2.24) is 14.8 Å². The lowest BCUT2D eigenvalue weighted by Crippen LogP contribution is -2.04. The summed E-state index contributed by atoms with van der Waals surface area (Å²) in [6.45, 7) is 3.87. The van der Waals surface area contributed by atoms with Crippen LogP contribution in [0.4, 0.5) is 0 Å². The Bertz CT molecular complexity index is 602. The summed E-state index contributed by atoms with van der Waals surface area (Å²) in [6.07, 6.45) is 3.25. The van der Waals surface area contributed by atoms with Crippen LogP contribution in [0.5, 0.6) is 0 Å². The summed E-state index contributed by atoms with van der Waals surface area (Å²) in [5, 5.41) is 4.35. The highest BCUT2D eigenvalue weighted by atomic mass is 16.5. The molecule has 0 aliphatic rings. The summed E-state index contributed by atoms with van der Waals surface area (Å²) in [6, 6.07) is 1.66. The van der Waals surface area contributed by atoms with Crippen LogP contribution >= 0.6 is 0 Å². The Morgan fingerprint density at radius 3 is 2.67 bits per heavy atom. The highest BCUT2D eigenvalue weighted by Crippen LogP contribution is 2.29. The molecule has 0 aliphatic heterocycles. The normalized spacial score (nSPS) is 10.4. The van der Waals surface area contributed by atoms with Gasteiger partial charge in [0.15, 0.2) is 0 Å². The minimum Gasteiger partial charge on any atom is -0.465 e. The van der Waals surface area contributed by atoms with Crippen LogP contribution < -0.4 is 0 Å². The van der Waals surface area contributed by atoms with Gasteiger partial charge in [0, 0.05) is 36.3 Å². The molecule has 2 rings (SSSR count). The van der Waals surface area contributed by atoms with Crippen molar-refractivity contribution in [3.8, 4) is 11.1 Å². The van der Waals surface area contributed by atoms with E-state index in [0.29, 0.717) is 5.56 Å². The number of carbonyl (C=O) groups is 1. The van der Waals surface area contributed by atoms with Gasteiger partial charge in [0.05, 0.1) is 18.4 Å². The van der Waals surface area contributed by atoms with Crippen LogP contribution in [0, 0.1) is 13.8 Å². The van der Waals surface area contributed by atoms with Gasteiger partial charge in [0.2, 0.25) is 0 Å². The van der Waals surface area contributed by atoms with Crippen LogP contribution in [0.25, 0.3) is 11.1 Å². The fourth-order valence-electron chi connectivity index (χ4n) is 2.05. The monoisotopic (exact) mass is 245 g/mol. The average molecular weight is 245 g/mol. The molecule has 0 bridgehead atoms. The molecule has 0 aromatic carbocycles. The molecule has 0 saturated heterocycles. The molecule has 18 heavy (non-hydrogen) atoms. The minimum atomic E-state index is -0.366. The van der Waals surface area contributed by atoms with E-state index in [4.69, 9.17) is 4.74 Å². The predicted octanol–water partition coefficient (Wildman–Crippen LogP) is 1.89. The molecular weight excluding hydrogens is 230 g/mol. The van der Waals surface area contributed by atoms with E-state index in [1.165, 1.54) is 7.11 Å². The van der Waals surface area contributed by atoms with Crippen molar-refractivity contribution in [2.75, 3.05) is 7.11 Å². The molecule has 0 spiro atoms. The number of carbonyl (C=O) groups excluding carboxylic acids is 1. The van der Waals surface area contributed by atoms with E-state index in [1.54, 1.807) is 23.1 Å². The molecule has 0 unspecified atom stereocenters. The van der Waals surface area contributed by atoms with Gasteiger partial charge in [-0.15, -0.1) is 0 Å². The first-order chi connectivity index (χ1) is 8.56. The topological polar surface area (TPSA) is 57.0 Å². The fourth-order valence-corrected chi connectivity index (χ4v) is 2.05. The zero-order valence-corrected chi connectivity index (χ0v) is 10.9. The zero-order chi connectivity index (χ0) is 13.3. The number of nitrogens with zero attached hydrogens (tertiary/aromatic N) is 3. The number of rotatable bonds is 2. The maximum Gasteiger partial charge on any atom is 0.338 e. The molecule has 0 radical (unpaired) electrons. The average Bonchev–Trinajstić information content (AvgIpc) is 2.62. The van der Waals surface area contributed by atoms with Gasteiger partial charge in [-0.3, -0.25) is 9.67 Å². The van der Waals surface area contributed by atoms with Gasteiger partial charge in [0.1, 0.15) is 0 Å². The number of aromatic nitrogens is 3. The Balaban J connectivity index is 2.68. The summed E-state index contributed by atoms with van der Waals surface area (Å²) in [7, 11) is 3.25. The standard InChI is InChI=1S/C13H15N3O2/c1-8-12(9(2)16(3)15-8)11-7-14-6-5-10(11)13(17)18-4/h5-7H,1-4H3. The van der Waals surface area contributed by atoms with Crippen molar-refractivity contribution in [2.24, 2.45) is 7.05 Å². The molecule has 5 nitrogen and oxygen atoms in total. The van der Waals surface area contributed by atoms with Gasteiger partial charge < -0.3 is 4.74 Å². The smallest absolute Gasteiger partial charge is 0.338 e. The molecule has 0 N–H and O–H groups in total. The lowest BCUT2D eigenvalue weighted by atomic mass is 10.0. The molecule has 0 saturated carbocycles. The highest BCUT2D eigenvalue weighted by molar-refractivity contribution is 5.97. The van der Waals surface area contributed by atoms with E-state index in [9.17, 15) is 4.79 Å². The number of aryl methyl sites for hydroxylation is 2. The van der Waals surface area contributed by atoms with E-state index >= 15 is 0 Å². The van der Waals surface area contributed by atoms with E-state index in [2.05, 4.69) is 10.1 Å². The summed E-state index contributed by atoms with van der Waals surface area (Å²) in [4.78, 5) is 15.8. The third-order valence-corrected chi connectivity index (χ3v) is 3.00. The van der Waals surface area contributed by atoms with Crippen molar-refractivity contribution in [1.29, 1.82) is 0 Å². The molecule has 0 amide bonds. The Morgan fingerprint density at radius 2 is 2.11 bits per heavy atom. The molecule has 0 atom stereocenters. The third-order valence-electron chi connectivity index (χ3n) is 3.00. The summed E-state index contributed by atoms with van der Waals surface area (Å²) in [5.41, 5.74) is 4.06. The van der Waals surface area contributed by atoms with Crippen LogP contribution in [0.3, 0.4) is 0 Å². The van der Waals surface area contributed by atoms with E-state index in [1.807, 2.05) is 20.9 Å². The van der Waals surface area contributed by atoms with Crippen LogP contribution in [0.1, 0.15) is 21.7 Å². The van der Waals surface area contributed by atoms with Gasteiger partial charge in [-0.1, -0.05) is 0 Å². The minimum absolute atomic E-state index is 0.366. The molecule has 5 heteroatoms. The number of hydrogen-bond donors (Lipinski definition) is 0. The Kier molecular flexibility index (Phi) is 3.14. The zero-order valence-electron chi connectivity index (χ0n) is 10.9. The van der Waals surface area contributed by atoms with E-state index in [0.717, 1.165) is 22.5 Å². The van der Waals surface area contributed by atoms with E-state index < -0.39 is 0 Å². The largest absolute Gasteiger partial charge is 0.465 e. The maximum atomic E-state index is 11.8. The molecular formula is C13H15N3O2. The van der Waals surface area contributed by atoms with Gasteiger partial charge in [-0.05, 0) is 19.9 Å². The van der Waals surface area contributed by atoms with Gasteiger partial charge >= 0.3 is 5.97 Å². The highest BCUT2D eigenvalue weighted by Gasteiger charge is 2.19. The van der Waals surface area contributed by atoms with Crippen molar-refractivity contribution in [2.45, 2.75) is 13.8 Å². The Labute approximate surface area is 105 Å². The van der Waals surface area contributed by atoms with Crippen LogP contribution in [0.15, 0.2) is 18.5 Å². The maximum absolute atomic E-state index is 11.8. The molecule has 94 valence electrons. The summed E-state index contributed by atoms with van der Waals surface area (Å²) in [5.74, 6) is -0.366. The molecule has 2 aromatic heterocycles.